The van der Waals surface area contributed by atoms with Crippen molar-refractivity contribution in [3.8, 4) is 0 Å². The van der Waals surface area contributed by atoms with Gasteiger partial charge in [-0.05, 0) is 117 Å². The fourth-order valence-electron chi connectivity index (χ4n) is 17.8. The molecule has 4 saturated carbocycles. The van der Waals surface area contributed by atoms with Gasteiger partial charge in [0.15, 0.2) is 25.2 Å². The van der Waals surface area contributed by atoms with Gasteiger partial charge in [-0.1, -0.05) is 53.2 Å². The monoisotopic (exact) mass is 1250 g/mol. The summed E-state index contributed by atoms with van der Waals surface area (Å²) in [7, 11) is 0. The Morgan fingerprint density at radius 1 is 0.517 bits per heavy atom. The number of aliphatic hydroxyl groups excluding tert-OH is 16. The van der Waals surface area contributed by atoms with E-state index < -0.39 is 196 Å². The third-order valence-corrected chi connectivity index (χ3v) is 23.6. The van der Waals surface area contributed by atoms with Gasteiger partial charge in [-0.3, -0.25) is 4.79 Å². The van der Waals surface area contributed by atoms with Crippen molar-refractivity contribution < 1.29 is 134 Å². The molecule has 0 amide bonds. The summed E-state index contributed by atoms with van der Waals surface area (Å²) in [5.41, 5.74) is -1.79. The van der Waals surface area contributed by atoms with Gasteiger partial charge in [-0.25, -0.2) is 0 Å². The summed E-state index contributed by atoms with van der Waals surface area (Å²) in [5.74, 6) is -0.758. The van der Waals surface area contributed by atoms with Crippen LogP contribution in [0.3, 0.4) is 0 Å². The van der Waals surface area contributed by atoms with Crippen LogP contribution in [0.1, 0.15) is 120 Å². The maximum Gasteiger partial charge on any atom is 0.315 e. The fraction of sp³-hybridized carbons (Fsp3) is 0.950. The van der Waals surface area contributed by atoms with E-state index in [0.717, 1.165) is 12.8 Å². The zero-order valence-electron chi connectivity index (χ0n) is 50.9. The lowest BCUT2D eigenvalue weighted by molar-refractivity contribution is -0.375. The largest absolute Gasteiger partial charge is 0.432 e. The molecule has 0 aromatic heterocycles. The molecule has 500 valence electrons. The molecule has 87 heavy (non-hydrogen) atoms. The minimum Gasteiger partial charge on any atom is -0.432 e. The molecule has 0 aromatic rings. The molecule has 9 fully saturated rings. The maximum absolute atomic E-state index is 14.8. The molecular formula is C60H98O27. The number of hydrogen-bond donors (Lipinski definition) is 16. The van der Waals surface area contributed by atoms with Gasteiger partial charge in [0.1, 0.15) is 110 Å². The highest BCUT2D eigenvalue weighted by molar-refractivity contribution is 5.79. The highest BCUT2D eigenvalue weighted by Gasteiger charge is 2.71. The molecule has 10 aliphatic rings. The summed E-state index contributed by atoms with van der Waals surface area (Å²) in [6, 6.07) is 0. The number of hydrogen-bond acceptors (Lipinski definition) is 27. The number of aliphatic hydroxyl groups is 16. The number of allylic oxidation sites excluding steroid dienone is 2. The third kappa shape index (κ3) is 11.4. The minimum absolute atomic E-state index is 0.113. The van der Waals surface area contributed by atoms with Crippen molar-refractivity contribution in [3.05, 3.63) is 11.6 Å². The lowest BCUT2D eigenvalue weighted by atomic mass is 9.33. The van der Waals surface area contributed by atoms with Crippen molar-refractivity contribution in [2.45, 2.75) is 279 Å². The Labute approximate surface area is 506 Å². The van der Waals surface area contributed by atoms with E-state index in [2.05, 4.69) is 40.7 Å². The third-order valence-electron chi connectivity index (χ3n) is 23.6. The van der Waals surface area contributed by atoms with E-state index in [4.69, 9.17) is 47.4 Å². The molecule has 5 saturated heterocycles. The maximum atomic E-state index is 14.8. The fourth-order valence-corrected chi connectivity index (χ4v) is 17.8. The summed E-state index contributed by atoms with van der Waals surface area (Å²) in [6.45, 7) is 13.8. The molecule has 3 unspecified atom stereocenters. The van der Waals surface area contributed by atoms with Gasteiger partial charge in [-0.2, -0.15) is 0 Å². The molecule has 0 spiro atoms. The van der Waals surface area contributed by atoms with Gasteiger partial charge in [0.25, 0.3) is 0 Å². The van der Waals surface area contributed by atoms with Crippen molar-refractivity contribution in [2.24, 2.45) is 50.2 Å². The van der Waals surface area contributed by atoms with Crippen LogP contribution in [0.5, 0.6) is 0 Å². The van der Waals surface area contributed by atoms with Crippen molar-refractivity contribution in [1.29, 1.82) is 0 Å². The number of fused-ring (bicyclic) bond motifs is 7. The minimum atomic E-state index is -1.97. The molecule has 0 bridgehead atoms. The zero-order chi connectivity index (χ0) is 63.6. The molecular weight excluding hydrogens is 1150 g/mol. The Balaban J connectivity index is 0.790. The SMILES string of the molecule is C[C@H]1O[C@H](O[C@H]2[C@H](O)[C@@H](O)[C@@H](OC[C@H]3O[C@@H](O[C@H]4[C@H](O)[C@@H](O)[C@H](O[C@H]5CC[C@@]6(C)C(CC[C@]7(C)C6CC=C6C8CC(C)(C)CC[C@]8(C(=O)O[C@@H]8O[C@H](CO)[C@@H](O)[C@H](O)[C@H]8O)CC[C@]67C)[C@]5(C)CO)O[C@@H]4CO)[C@H](O)[C@@H](O)[C@H]3O)O[C@@H]2C)[C@H](O)[C@@H](O)[C@@H]1O. The van der Waals surface area contributed by atoms with Crippen LogP contribution in [0.25, 0.3) is 0 Å². The molecule has 16 N–H and O–H groups in total. The number of carbonyl (C=O) groups is 1. The second-order valence-corrected chi connectivity index (χ2v) is 28.9. The Hall–Kier alpha value is -1.79. The summed E-state index contributed by atoms with van der Waals surface area (Å²) in [4.78, 5) is 14.8. The number of ether oxygens (including phenoxy) is 10. The second-order valence-electron chi connectivity index (χ2n) is 28.9. The molecule has 5 aliphatic heterocycles. The van der Waals surface area contributed by atoms with Gasteiger partial charge in [0.05, 0.1) is 50.2 Å². The first-order valence-electron chi connectivity index (χ1n) is 31.2. The average molecular weight is 1250 g/mol. The second kappa shape index (κ2) is 25.2. The first-order valence-corrected chi connectivity index (χ1v) is 31.2. The van der Waals surface area contributed by atoms with E-state index in [-0.39, 0.29) is 46.0 Å². The predicted octanol–water partition coefficient (Wildman–Crippen LogP) is -3.18. The Morgan fingerprint density at radius 2 is 1.05 bits per heavy atom. The van der Waals surface area contributed by atoms with Crippen LogP contribution < -0.4 is 0 Å². The summed E-state index contributed by atoms with van der Waals surface area (Å²) < 4.78 is 59.0. The van der Waals surface area contributed by atoms with Gasteiger partial charge >= 0.3 is 5.97 Å². The van der Waals surface area contributed by atoms with Gasteiger partial charge < -0.3 is 129 Å². The van der Waals surface area contributed by atoms with E-state index in [1.54, 1.807) is 0 Å². The first kappa shape index (κ1) is 68.1. The van der Waals surface area contributed by atoms with Gasteiger partial charge in [-0.15, -0.1) is 0 Å². The van der Waals surface area contributed by atoms with Crippen LogP contribution in [0, 0.1) is 50.2 Å². The van der Waals surface area contributed by atoms with Crippen molar-refractivity contribution in [3.63, 3.8) is 0 Å². The van der Waals surface area contributed by atoms with Crippen LogP contribution >= 0.6 is 0 Å². The van der Waals surface area contributed by atoms with E-state index in [1.165, 1.54) is 19.4 Å². The standard InChI is InChI=1S/C60H98O27/c1-24-34(64)37(67)42(72)50(79-24)85-47-25(2)80-49(45(75)40(47)70)78-22-30-36(66)39(69)43(73)52(83-30)86-48-29(21-62)82-51(46(76)41(48)71)84-33-12-13-56(5)31(57(33,6)23-63)11-14-59(8)32(56)10-9-26-27-19-55(3,4)15-17-60(27,18-16-58(26,59)7)54(77)87-53-44(74)38(68)35(65)28(20-61)81-53/h9,24-25,27-53,61-76H,10-23H2,1-8H3/t24-,25-,27?,28-,29-,30-,31?,32?,33+,34-,35-,36+,37+,38+,39+,40-,41-,42-,43-,44-,45-,46-,47-,48-,49+,50-,51+,52+,53+,56+,57+,58-,59-,60+/m1/s1. The normalized spacial score (nSPS) is 55.1. The summed E-state index contributed by atoms with van der Waals surface area (Å²) in [5, 5.41) is 174. The average Bonchev–Trinajstić information content (AvgIpc) is 0.720. The molecule has 34 atom stereocenters. The van der Waals surface area contributed by atoms with E-state index in [9.17, 15) is 86.5 Å². The Kier molecular flexibility index (Phi) is 19.7. The van der Waals surface area contributed by atoms with E-state index in [0.29, 0.717) is 51.4 Å². The van der Waals surface area contributed by atoms with Crippen LogP contribution in [0.2, 0.25) is 0 Å². The molecule has 0 aromatic carbocycles. The highest BCUT2D eigenvalue weighted by Crippen LogP contribution is 2.76. The lowest BCUT2D eigenvalue weighted by Crippen LogP contribution is -2.67. The Morgan fingerprint density at radius 3 is 1.70 bits per heavy atom. The number of carbonyl (C=O) groups excluding carboxylic acids is 1. The molecule has 27 nitrogen and oxygen atoms in total. The predicted molar refractivity (Wildman–Crippen MR) is 294 cm³/mol. The smallest absolute Gasteiger partial charge is 0.315 e. The number of rotatable bonds is 14. The summed E-state index contributed by atoms with van der Waals surface area (Å²) >= 11 is 0. The topological polar surface area (TPSA) is 433 Å². The van der Waals surface area contributed by atoms with Crippen LogP contribution in [-0.2, 0) is 52.2 Å². The van der Waals surface area contributed by atoms with Crippen molar-refractivity contribution in [2.75, 3.05) is 26.4 Å². The quantitative estimate of drug-likeness (QED) is 0.0463. The van der Waals surface area contributed by atoms with Crippen LogP contribution in [0.15, 0.2) is 11.6 Å². The molecule has 5 aliphatic carbocycles. The lowest BCUT2D eigenvalue weighted by Gasteiger charge is -2.71. The molecule has 0 radical (unpaired) electrons. The van der Waals surface area contributed by atoms with Crippen molar-refractivity contribution in [1.82, 2.24) is 0 Å². The Bertz CT molecular complexity index is 2420. The van der Waals surface area contributed by atoms with Crippen LogP contribution in [0.4, 0.5) is 0 Å². The number of esters is 1. The summed E-state index contributed by atoms with van der Waals surface area (Å²) in [6.07, 6.45) is -32.2. The van der Waals surface area contributed by atoms with Gasteiger partial charge in [0.2, 0.25) is 6.29 Å². The van der Waals surface area contributed by atoms with Gasteiger partial charge in [0, 0.05) is 5.41 Å². The first-order chi connectivity index (χ1) is 40.8. The zero-order valence-corrected chi connectivity index (χ0v) is 50.9. The molecule has 5 heterocycles. The van der Waals surface area contributed by atoms with Crippen LogP contribution in [-0.4, -0.2) is 274 Å². The molecule has 10 rings (SSSR count). The van der Waals surface area contributed by atoms with Crippen molar-refractivity contribution >= 4 is 5.97 Å². The molecule has 27 heteroatoms. The van der Waals surface area contributed by atoms with E-state index in [1.807, 2.05) is 6.92 Å². The highest BCUT2D eigenvalue weighted by atomic mass is 16.8. The van der Waals surface area contributed by atoms with E-state index >= 15 is 0 Å².